The van der Waals surface area contributed by atoms with Crippen LogP contribution in [0.25, 0.3) is 22.4 Å². The quantitative estimate of drug-likeness (QED) is 0.660. The van der Waals surface area contributed by atoms with Gasteiger partial charge < -0.3 is 15.1 Å². The lowest BCUT2D eigenvalue weighted by Gasteiger charge is -2.28. The number of hydrogen-bond acceptors (Lipinski definition) is 6. The van der Waals surface area contributed by atoms with Gasteiger partial charge >= 0.3 is 0 Å². The summed E-state index contributed by atoms with van der Waals surface area (Å²) in [6.07, 6.45) is 6.68. The number of fused-ring (bicyclic) bond motifs is 1. The van der Waals surface area contributed by atoms with Crippen molar-refractivity contribution in [3.8, 4) is 11.5 Å². The highest BCUT2D eigenvalue weighted by molar-refractivity contribution is 5.93. The summed E-state index contributed by atoms with van der Waals surface area (Å²) in [6.45, 7) is 1.80. The third-order valence-electron chi connectivity index (χ3n) is 5.32. The molecule has 0 aromatic carbocycles. The van der Waals surface area contributed by atoms with Crippen molar-refractivity contribution in [3.63, 3.8) is 0 Å². The zero-order valence-electron chi connectivity index (χ0n) is 16.3. The number of anilines is 1. The monoisotopic (exact) mass is 397 g/mol. The van der Waals surface area contributed by atoms with Gasteiger partial charge in [-0.1, -0.05) is 0 Å². The van der Waals surface area contributed by atoms with Crippen LogP contribution in [0.1, 0.15) is 31.6 Å². The Morgan fingerprint density at radius 1 is 1.21 bits per heavy atom. The van der Waals surface area contributed by atoms with Crippen LogP contribution in [0.3, 0.4) is 0 Å². The summed E-state index contributed by atoms with van der Waals surface area (Å²) in [5.74, 6) is 1.60. The maximum absolute atomic E-state index is 12.6. The first-order valence-corrected chi connectivity index (χ1v) is 9.92. The van der Waals surface area contributed by atoms with Crippen LogP contribution in [-0.4, -0.2) is 40.1 Å². The fourth-order valence-electron chi connectivity index (χ4n) is 3.75. The molecule has 0 unspecified atom stereocenters. The maximum Gasteiger partial charge on any atom is 0.228 e. The average Bonchev–Trinajstić information content (AvgIpc) is 3.18. The molecule has 0 saturated heterocycles. The number of alkyl halides is 1. The van der Waals surface area contributed by atoms with Gasteiger partial charge in [0.1, 0.15) is 18.2 Å². The first-order chi connectivity index (χ1) is 14.1. The first-order valence-electron chi connectivity index (χ1n) is 9.92. The minimum atomic E-state index is -0.361. The Balaban J connectivity index is 1.43. The number of aryl methyl sites for hydroxylation is 1. The highest BCUT2D eigenvalue weighted by Gasteiger charge is 2.26. The van der Waals surface area contributed by atoms with E-state index in [-0.39, 0.29) is 18.5 Å². The lowest BCUT2D eigenvalue weighted by Crippen LogP contribution is -2.37. The molecule has 7 nitrogen and oxygen atoms in total. The molecule has 1 saturated carbocycles. The lowest BCUT2D eigenvalue weighted by molar-refractivity contribution is -0.120. The number of hydrogen-bond donors (Lipinski definition) is 2. The molecule has 0 aliphatic heterocycles. The Hall–Kier alpha value is -2.87. The minimum Gasteiger partial charge on any atom is -0.439 e. The van der Waals surface area contributed by atoms with Crippen molar-refractivity contribution >= 4 is 22.6 Å². The molecule has 1 fully saturated rings. The third kappa shape index (κ3) is 4.59. The van der Waals surface area contributed by atoms with E-state index in [9.17, 15) is 9.18 Å². The highest BCUT2D eigenvalue weighted by Crippen LogP contribution is 2.26. The number of carbonyl (C=O) groups is 1. The second-order valence-electron chi connectivity index (χ2n) is 7.38. The van der Waals surface area contributed by atoms with Crippen molar-refractivity contribution in [3.05, 3.63) is 36.5 Å². The van der Waals surface area contributed by atoms with Crippen LogP contribution in [-0.2, 0) is 4.79 Å². The van der Waals surface area contributed by atoms with Crippen molar-refractivity contribution in [2.75, 3.05) is 18.5 Å². The van der Waals surface area contributed by atoms with Crippen LogP contribution in [0.4, 0.5) is 10.2 Å². The van der Waals surface area contributed by atoms with E-state index in [4.69, 9.17) is 4.42 Å². The van der Waals surface area contributed by atoms with E-state index in [0.29, 0.717) is 35.7 Å². The summed E-state index contributed by atoms with van der Waals surface area (Å²) < 4.78 is 17.8. The van der Waals surface area contributed by atoms with E-state index >= 15 is 0 Å². The van der Waals surface area contributed by atoms with Crippen LogP contribution in [0.2, 0.25) is 0 Å². The van der Waals surface area contributed by atoms with Crippen molar-refractivity contribution in [2.24, 2.45) is 5.92 Å². The van der Waals surface area contributed by atoms with Crippen molar-refractivity contribution < 1.29 is 13.6 Å². The van der Waals surface area contributed by atoms with Gasteiger partial charge in [-0.3, -0.25) is 4.79 Å². The zero-order valence-corrected chi connectivity index (χ0v) is 16.3. The van der Waals surface area contributed by atoms with E-state index in [1.54, 1.807) is 25.4 Å². The summed E-state index contributed by atoms with van der Waals surface area (Å²) in [7, 11) is 0. The van der Waals surface area contributed by atoms with Gasteiger partial charge in [0.05, 0.1) is 11.7 Å². The van der Waals surface area contributed by atoms with Gasteiger partial charge in [-0.25, -0.2) is 19.3 Å². The van der Waals surface area contributed by atoms with E-state index in [1.807, 2.05) is 12.1 Å². The predicted molar refractivity (Wildman–Crippen MR) is 108 cm³/mol. The average molecular weight is 397 g/mol. The summed E-state index contributed by atoms with van der Waals surface area (Å²) in [4.78, 5) is 25.7. The zero-order chi connectivity index (χ0) is 20.2. The van der Waals surface area contributed by atoms with Crippen molar-refractivity contribution in [1.29, 1.82) is 0 Å². The third-order valence-corrected chi connectivity index (χ3v) is 5.32. The summed E-state index contributed by atoms with van der Waals surface area (Å²) in [6, 6.07) is 5.85. The second-order valence-corrected chi connectivity index (χ2v) is 7.38. The van der Waals surface area contributed by atoms with Crippen LogP contribution in [0.15, 0.2) is 35.0 Å². The Morgan fingerprint density at radius 3 is 2.76 bits per heavy atom. The largest absolute Gasteiger partial charge is 0.439 e. The Kier molecular flexibility index (Phi) is 5.80. The molecule has 3 aromatic rings. The SMILES string of the molecule is Cc1ncc(-c2ccc3cnc(NC(=O)C4CCC(NCCF)CC4)cc3n2)o1. The predicted octanol–water partition coefficient (Wildman–Crippen LogP) is 3.65. The maximum atomic E-state index is 12.6. The fraction of sp³-hybridized carbons (Fsp3) is 0.429. The van der Waals surface area contributed by atoms with Gasteiger partial charge in [-0.2, -0.15) is 0 Å². The van der Waals surface area contributed by atoms with E-state index in [2.05, 4.69) is 25.6 Å². The molecular formula is C21H24FN5O2. The van der Waals surface area contributed by atoms with Gasteiger partial charge in [0.15, 0.2) is 11.7 Å². The smallest absolute Gasteiger partial charge is 0.228 e. The van der Waals surface area contributed by atoms with Crippen LogP contribution in [0.5, 0.6) is 0 Å². The Labute approximate surface area is 168 Å². The molecule has 1 aliphatic rings. The number of pyridine rings is 2. The van der Waals surface area contributed by atoms with Crippen LogP contribution >= 0.6 is 0 Å². The summed E-state index contributed by atoms with van der Waals surface area (Å²) in [5, 5.41) is 6.98. The van der Waals surface area contributed by atoms with Gasteiger partial charge in [0, 0.05) is 43.1 Å². The lowest BCUT2D eigenvalue weighted by atomic mass is 9.85. The van der Waals surface area contributed by atoms with Crippen molar-refractivity contribution in [1.82, 2.24) is 20.3 Å². The minimum absolute atomic E-state index is 0.0252. The molecular weight excluding hydrogens is 373 g/mol. The van der Waals surface area contributed by atoms with Gasteiger partial charge in [-0.05, 0) is 37.8 Å². The molecule has 8 heteroatoms. The number of amides is 1. The molecule has 0 spiro atoms. The van der Waals surface area contributed by atoms with Gasteiger partial charge in [0.2, 0.25) is 5.91 Å². The molecule has 152 valence electrons. The topological polar surface area (TPSA) is 92.9 Å². The van der Waals surface area contributed by atoms with E-state index in [0.717, 1.165) is 36.6 Å². The number of aromatic nitrogens is 3. The van der Waals surface area contributed by atoms with E-state index in [1.165, 1.54) is 0 Å². The van der Waals surface area contributed by atoms with E-state index < -0.39 is 0 Å². The Morgan fingerprint density at radius 2 is 2.03 bits per heavy atom. The fourth-order valence-corrected chi connectivity index (χ4v) is 3.75. The molecule has 0 radical (unpaired) electrons. The number of rotatable bonds is 6. The molecule has 2 N–H and O–H groups in total. The second kappa shape index (κ2) is 8.65. The molecule has 3 aromatic heterocycles. The molecule has 4 rings (SSSR count). The number of nitrogens with zero attached hydrogens (tertiary/aromatic N) is 3. The molecule has 0 atom stereocenters. The molecule has 0 bridgehead atoms. The van der Waals surface area contributed by atoms with Crippen LogP contribution in [0, 0.1) is 12.8 Å². The molecule has 3 heterocycles. The highest BCUT2D eigenvalue weighted by atomic mass is 19.1. The number of carbonyl (C=O) groups excluding carboxylic acids is 1. The molecule has 1 aliphatic carbocycles. The Bertz CT molecular complexity index is 998. The van der Waals surface area contributed by atoms with Crippen LogP contribution < -0.4 is 10.6 Å². The standard InChI is InChI=1S/C21H24FN5O2/c1-13-24-12-19(29-13)17-7-4-15-11-25-20(10-18(15)26-17)27-21(28)14-2-5-16(6-3-14)23-9-8-22/h4,7,10-12,14,16,23H,2-3,5-6,8-9H2,1H3,(H,25,27,28). The van der Waals surface area contributed by atoms with Gasteiger partial charge in [0.25, 0.3) is 0 Å². The summed E-state index contributed by atoms with van der Waals surface area (Å²) in [5.41, 5.74) is 1.40. The number of halogens is 1. The number of nitrogens with one attached hydrogen (secondary N) is 2. The number of oxazole rings is 1. The first kappa shape index (κ1) is 19.4. The summed E-state index contributed by atoms with van der Waals surface area (Å²) >= 11 is 0. The molecule has 1 amide bonds. The van der Waals surface area contributed by atoms with Crippen molar-refractivity contribution in [2.45, 2.75) is 38.6 Å². The molecule has 29 heavy (non-hydrogen) atoms. The normalized spacial score (nSPS) is 19.4. The van der Waals surface area contributed by atoms with Gasteiger partial charge in [-0.15, -0.1) is 0 Å².